The molecule has 1 heterocycles. The fourth-order valence-corrected chi connectivity index (χ4v) is 1.70. The van der Waals surface area contributed by atoms with Crippen LogP contribution in [-0.2, 0) is 4.74 Å². The number of carbonyl (C=O) groups is 2. The van der Waals surface area contributed by atoms with Crippen molar-refractivity contribution < 1.29 is 18.8 Å². The number of carbonyl (C=O) groups excluding carboxylic acids is 2. The highest BCUT2D eigenvalue weighted by Crippen LogP contribution is 2.17. The van der Waals surface area contributed by atoms with Crippen LogP contribution in [0.5, 0.6) is 0 Å². The van der Waals surface area contributed by atoms with Crippen molar-refractivity contribution in [2.45, 2.75) is 19.8 Å². The molecule has 0 saturated heterocycles. The van der Waals surface area contributed by atoms with Gasteiger partial charge in [0.05, 0.1) is 24.1 Å². The lowest BCUT2D eigenvalue weighted by Crippen LogP contribution is -2.21. The van der Waals surface area contributed by atoms with Gasteiger partial charge in [-0.1, -0.05) is 30.6 Å². The first kappa shape index (κ1) is 15.6. The molecule has 1 aromatic heterocycles. The lowest BCUT2D eigenvalue weighted by Gasteiger charge is -2.10. The van der Waals surface area contributed by atoms with Crippen LogP contribution in [0.4, 0.5) is 16.4 Å². The van der Waals surface area contributed by atoms with Crippen LogP contribution in [0, 0.1) is 0 Å². The molecule has 0 fully saturated rings. The number of nitrogens with zero attached hydrogens (tertiary/aromatic N) is 1. The third-order valence-corrected chi connectivity index (χ3v) is 2.80. The Hall–Kier alpha value is -2.83. The molecule has 22 heavy (non-hydrogen) atoms. The van der Waals surface area contributed by atoms with Crippen LogP contribution in [0.3, 0.4) is 0 Å². The zero-order valence-electron chi connectivity index (χ0n) is 12.2. The van der Waals surface area contributed by atoms with E-state index < -0.39 is 12.0 Å². The average Bonchev–Trinajstić information content (AvgIpc) is 3.00. The van der Waals surface area contributed by atoms with Crippen LogP contribution in [0.1, 0.15) is 30.1 Å². The molecule has 0 saturated carbocycles. The smallest absolute Gasteiger partial charge is 0.340 e. The molecule has 0 bridgehead atoms. The van der Waals surface area contributed by atoms with Crippen LogP contribution >= 0.6 is 0 Å². The second-order valence-electron chi connectivity index (χ2n) is 4.49. The molecule has 116 valence electrons. The fraction of sp³-hybridized carbons (Fsp3) is 0.267. The summed E-state index contributed by atoms with van der Waals surface area (Å²) in [5.41, 5.74) is 0.660. The molecule has 2 N–H and O–H groups in total. The predicted octanol–water partition coefficient (Wildman–Crippen LogP) is 3.28. The van der Waals surface area contributed by atoms with Gasteiger partial charge in [-0.2, -0.15) is 0 Å². The second-order valence-corrected chi connectivity index (χ2v) is 4.49. The number of esters is 1. The maximum atomic E-state index is 12.0. The van der Waals surface area contributed by atoms with Crippen LogP contribution in [0.2, 0.25) is 0 Å². The van der Waals surface area contributed by atoms with E-state index in [-0.39, 0.29) is 5.88 Å². The molecule has 7 nitrogen and oxygen atoms in total. The second kappa shape index (κ2) is 7.82. The quantitative estimate of drug-likeness (QED) is 0.631. The summed E-state index contributed by atoms with van der Waals surface area (Å²) < 4.78 is 9.93. The minimum atomic E-state index is -0.537. The fourth-order valence-electron chi connectivity index (χ4n) is 1.70. The highest BCUT2D eigenvalue weighted by Gasteiger charge is 2.14. The maximum Gasteiger partial charge on any atom is 0.340 e. The summed E-state index contributed by atoms with van der Waals surface area (Å²) in [6, 6.07) is 7.60. The zero-order valence-corrected chi connectivity index (χ0v) is 12.2. The number of amides is 2. The predicted molar refractivity (Wildman–Crippen MR) is 80.8 cm³/mol. The monoisotopic (exact) mass is 303 g/mol. The lowest BCUT2D eigenvalue weighted by molar-refractivity contribution is 0.0501. The van der Waals surface area contributed by atoms with Crippen molar-refractivity contribution >= 4 is 23.6 Å². The number of benzene rings is 1. The number of unbranched alkanes of at least 4 members (excludes halogenated alkanes) is 1. The van der Waals surface area contributed by atoms with Gasteiger partial charge in [0.2, 0.25) is 5.88 Å². The van der Waals surface area contributed by atoms with Gasteiger partial charge in [-0.05, 0) is 18.6 Å². The topological polar surface area (TPSA) is 93.5 Å². The Bertz CT molecular complexity index is 625. The molecule has 2 aromatic rings. The summed E-state index contributed by atoms with van der Waals surface area (Å²) in [7, 11) is 0. The zero-order chi connectivity index (χ0) is 15.8. The van der Waals surface area contributed by atoms with Crippen molar-refractivity contribution in [3.8, 4) is 0 Å². The molecule has 0 aliphatic rings. The molecule has 2 amide bonds. The number of nitrogens with one attached hydrogen (secondary N) is 2. The molecule has 0 spiro atoms. The Balaban J connectivity index is 2.01. The number of hydrogen-bond donors (Lipinski definition) is 2. The Morgan fingerprint density at radius 1 is 1.23 bits per heavy atom. The van der Waals surface area contributed by atoms with Crippen LogP contribution in [0.15, 0.2) is 41.1 Å². The van der Waals surface area contributed by atoms with E-state index in [1.54, 1.807) is 24.3 Å². The molecule has 0 atom stereocenters. The molecule has 1 aromatic carbocycles. The third-order valence-electron chi connectivity index (χ3n) is 2.80. The SMILES string of the molecule is CCCCOC(=O)c1ccccc1NC(=O)Nc1ccno1. The average molecular weight is 303 g/mol. The first-order valence-electron chi connectivity index (χ1n) is 6.95. The Morgan fingerprint density at radius 2 is 2.05 bits per heavy atom. The maximum absolute atomic E-state index is 12.0. The Kier molecular flexibility index (Phi) is 5.53. The van der Waals surface area contributed by atoms with Crippen LogP contribution in [-0.4, -0.2) is 23.8 Å². The van der Waals surface area contributed by atoms with Crippen molar-refractivity contribution in [1.82, 2.24) is 5.16 Å². The summed E-state index contributed by atoms with van der Waals surface area (Å²) in [4.78, 5) is 23.9. The van der Waals surface area contributed by atoms with E-state index in [9.17, 15) is 9.59 Å². The van der Waals surface area contributed by atoms with Gasteiger partial charge in [0.15, 0.2) is 0 Å². The third kappa shape index (κ3) is 4.34. The minimum Gasteiger partial charge on any atom is -0.462 e. The van der Waals surface area contributed by atoms with E-state index in [2.05, 4.69) is 15.8 Å². The standard InChI is InChI=1S/C15H17N3O4/c1-2-3-10-21-14(19)11-6-4-5-7-12(11)17-15(20)18-13-8-9-16-22-13/h4-9H,2-3,10H2,1H3,(H2,17,18,20). The van der Waals surface area contributed by atoms with Crippen LogP contribution < -0.4 is 10.6 Å². The summed E-state index contributed by atoms with van der Waals surface area (Å²) in [6.07, 6.45) is 3.15. The lowest BCUT2D eigenvalue weighted by atomic mass is 10.2. The highest BCUT2D eigenvalue weighted by atomic mass is 16.5. The van der Waals surface area contributed by atoms with Crippen molar-refractivity contribution in [3.63, 3.8) is 0 Å². The number of anilines is 2. The number of aromatic nitrogens is 1. The van der Waals surface area contributed by atoms with Gasteiger partial charge in [0, 0.05) is 6.07 Å². The number of ether oxygens (including phenoxy) is 1. The van der Waals surface area contributed by atoms with E-state index in [0.717, 1.165) is 12.8 Å². The number of para-hydroxylation sites is 1. The van der Waals surface area contributed by atoms with Gasteiger partial charge < -0.3 is 14.6 Å². The summed E-state index contributed by atoms with van der Waals surface area (Å²) >= 11 is 0. The molecular weight excluding hydrogens is 286 g/mol. The van der Waals surface area contributed by atoms with E-state index in [1.165, 1.54) is 12.3 Å². The highest BCUT2D eigenvalue weighted by molar-refractivity contribution is 6.04. The van der Waals surface area contributed by atoms with Gasteiger partial charge in [-0.25, -0.2) is 9.59 Å². The van der Waals surface area contributed by atoms with Crippen molar-refractivity contribution in [2.24, 2.45) is 0 Å². The molecule has 7 heteroatoms. The largest absolute Gasteiger partial charge is 0.462 e. The van der Waals surface area contributed by atoms with E-state index >= 15 is 0 Å². The molecule has 2 rings (SSSR count). The van der Waals surface area contributed by atoms with E-state index in [1.807, 2.05) is 6.92 Å². The van der Waals surface area contributed by atoms with Crippen molar-refractivity contribution in [2.75, 3.05) is 17.2 Å². The number of urea groups is 1. The molecular formula is C15H17N3O4. The van der Waals surface area contributed by atoms with Gasteiger partial charge >= 0.3 is 12.0 Å². The minimum absolute atomic E-state index is 0.209. The Morgan fingerprint density at radius 3 is 2.77 bits per heavy atom. The number of rotatable bonds is 6. The van der Waals surface area contributed by atoms with Gasteiger partial charge in [0.1, 0.15) is 0 Å². The van der Waals surface area contributed by atoms with Crippen molar-refractivity contribution in [3.05, 3.63) is 42.1 Å². The van der Waals surface area contributed by atoms with Gasteiger partial charge in [0.25, 0.3) is 0 Å². The summed E-state index contributed by atoms with van der Waals surface area (Å²) in [5.74, 6) is -0.260. The van der Waals surface area contributed by atoms with Gasteiger partial charge in [-0.15, -0.1) is 0 Å². The van der Waals surface area contributed by atoms with Gasteiger partial charge in [-0.3, -0.25) is 5.32 Å². The summed E-state index contributed by atoms with van der Waals surface area (Å²) in [5, 5.41) is 8.52. The first-order valence-corrected chi connectivity index (χ1v) is 6.95. The van der Waals surface area contributed by atoms with E-state index in [0.29, 0.717) is 17.9 Å². The first-order chi connectivity index (χ1) is 10.7. The van der Waals surface area contributed by atoms with Crippen molar-refractivity contribution in [1.29, 1.82) is 0 Å². The molecule has 0 radical (unpaired) electrons. The molecule has 0 aliphatic heterocycles. The van der Waals surface area contributed by atoms with Crippen LogP contribution in [0.25, 0.3) is 0 Å². The summed E-state index contributed by atoms with van der Waals surface area (Å²) in [6.45, 7) is 2.37. The number of hydrogen-bond acceptors (Lipinski definition) is 5. The Labute approximate surface area is 127 Å². The molecule has 0 unspecified atom stereocenters. The van der Waals surface area contributed by atoms with E-state index in [4.69, 9.17) is 9.26 Å². The molecule has 0 aliphatic carbocycles. The normalized spacial score (nSPS) is 10.0.